The molecule has 2 aliphatic rings. The Bertz CT molecular complexity index is 177. The van der Waals surface area contributed by atoms with Gasteiger partial charge in [-0.15, -0.1) is 0 Å². The minimum atomic E-state index is 0.881. The van der Waals surface area contributed by atoms with Gasteiger partial charge in [-0.3, -0.25) is 0 Å². The Morgan fingerprint density at radius 1 is 1.13 bits per heavy atom. The van der Waals surface area contributed by atoms with Crippen molar-refractivity contribution in [2.75, 3.05) is 26.7 Å². The highest BCUT2D eigenvalue weighted by Crippen LogP contribution is 2.30. The first-order valence-corrected chi connectivity index (χ1v) is 6.79. The molecule has 0 spiro atoms. The fourth-order valence-electron chi connectivity index (χ4n) is 2.95. The third-order valence-electron chi connectivity index (χ3n) is 4.19. The highest BCUT2D eigenvalue weighted by molar-refractivity contribution is 4.81. The van der Waals surface area contributed by atoms with E-state index < -0.39 is 0 Å². The van der Waals surface area contributed by atoms with Gasteiger partial charge in [-0.25, -0.2) is 0 Å². The van der Waals surface area contributed by atoms with Crippen LogP contribution in [0.3, 0.4) is 0 Å². The summed E-state index contributed by atoms with van der Waals surface area (Å²) in [4.78, 5) is 2.78. The lowest BCUT2D eigenvalue weighted by Crippen LogP contribution is -2.44. The van der Waals surface area contributed by atoms with Crippen LogP contribution < -0.4 is 5.32 Å². The largest absolute Gasteiger partial charge is 0.320 e. The number of likely N-dealkylation sites (tertiary alicyclic amines) is 1. The van der Waals surface area contributed by atoms with Crippen molar-refractivity contribution in [2.24, 2.45) is 5.92 Å². The molecule has 0 bridgehead atoms. The van der Waals surface area contributed by atoms with Crippen LogP contribution in [0.1, 0.15) is 44.9 Å². The van der Waals surface area contributed by atoms with Crippen molar-refractivity contribution in [2.45, 2.75) is 51.0 Å². The van der Waals surface area contributed by atoms with Crippen LogP contribution in [0.25, 0.3) is 0 Å². The summed E-state index contributed by atoms with van der Waals surface area (Å²) < 4.78 is 0. The van der Waals surface area contributed by atoms with Gasteiger partial charge in [0.05, 0.1) is 0 Å². The zero-order valence-electron chi connectivity index (χ0n) is 10.2. The average molecular weight is 210 g/mol. The second kappa shape index (κ2) is 5.86. The van der Waals surface area contributed by atoms with E-state index in [1.807, 2.05) is 0 Å². The Hall–Kier alpha value is -0.0800. The quantitative estimate of drug-likeness (QED) is 0.749. The molecule has 1 unspecified atom stereocenters. The van der Waals surface area contributed by atoms with E-state index >= 15 is 0 Å². The van der Waals surface area contributed by atoms with Crippen molar-refractivity contribution in [3.8, 4) is 0 Å². The summed E-state index contributed by atoms with van der Waals surface area (Å²) >= 11 is 0. The number of nitrogens with one attached hydrogen (secondary N) is 1. The summed E-state index contributed by atoms with van der Waals surface area (Å²) in [6.45, 7) is 3.95. The zero-order chi connectivity index (χ0) is 10.5. The summed E-state index contributed by atoms with van der Waals surface area (Å²) in [5, 5.41) is 3.29. The van der Waals surface area contributed by atoms with Crippen molar-refractivity contribution >= 4 is 0 Å². The van der Waals surface area contributed by atoms with Gasteiger partial charge in [0.15, 0.2) is 0 Å². The topological polar surface area (TPSA) is 15.3 Å². The zero-order valence-corrected chi connectivity index (χ0v) is 10.2. The number of rotatable bonds is 5. The van der Waals surface area contributed by atoms with E-state index in [4.69, 9.17) is 0 Å². The summed E-state index contributed by atoms with van der Waals surface area (Å²) in [5.41, 5.74) is 0. The number of hydrogen-bond acceptors (Lipinski definition) is 2. The predicted molar refractivity (Wildman–Crippen MR) is 65.1 cm³/mol. The predicted octanol–water partition coefficient (Wildman–Crippen LogP) is 2.25. The molecule has 1 heterocycles. The normalized spacial score (nSPS) is 29.0. The van der Waals surface area contributed by atoms with Crippen LogP contribution in [-0.4, -0.2) is 37.6 Å². The molecule has 1 atom stereocenters. The molecular weight excluding hydrogens is 184 g/mol. The Morgan fingerprint density at radius 3 is 2.67 bits per heavy atom. The summed E-state index contributed by atoms with van der Waals surface area (Å²) in [6.07, 6.45) is 10.2. The first kappa shape index (κ1) is 11.4. The van der Waals surface area contributed by atoms with Crippen molar-refractivity contribution < 1.29 is 0 Å². The fraction of sp³-hybridized carbons (Fsp3) is 1.00. The molecule has 1 saturated heterocycles. The van der Waals surface area contributed by atoms with Crippen molar-refractivity contribution in [1.82, 2.24) is 10.2 Å². The maximum atomic E-state index is 3.29. The Kier molecular flexibility index (Phi) is 4.45. The lowest BCUT2D eigenvalue weighted by molar-refractivity contribution is 0.0958. The molecule has 0 aromatic rings. The van der Waals surface area contributed by atoms with Crippen LogP contribution in [0.15, 0.2) is 0 Å². The van der Waals surface area contributed by atoms with Gasteiger partial charge < -0.3 is 10.2 Å². The number of hydrogen-bond donors (Lipinski definition) is 1. The van der Waals surface area contributed by atoms with Gasteiger partial charge in [0, 0.05) is 12.6 Å². The van der Waals surface area contributed by atoms with E-state index in [1.54, 1.807) is 0 Å². The van der Waals surface area contributed by atoms with E-state index in [0.29, 0.717) is 0 Å². The van der Waals surface area contributed by atoms with Crippen LogP contribution in [0.5, 0.6) is 0 Å². The Morgan fingerprint density at radius 2 is 2.00 bits per heavy atom. The monoisotopic (exact) mass is 210 g/mol. The lowest BCUT2D eigenvalue weighted by Gasteiger charge is -2.40. The van der Waals surface area contributed by atoms with Gasteiger partial charge in [-0.05, 0) is 58.2 Å². The molecule has 1 aliphatic heterocycles. The van der Waals surface area contributed by atoms with Gasteiger partial charge in [0.25, 0.3) is 0 Å². The van der Waals surface area contributed by atoms with Gasteiger partial charge in [0.2, 0.25) is 0 Å². The molecule has 0 amide bonds. The van der Waals surface area contributed by atoms with E-state index in [9.17, 15) is 0 Å². The standard InChI is InChI=1S/C13H26N2/c1-14-9-8-13-7-2-3-10-15(13)11-12-5-4-6-12/h12-14H,2-11H2,1H3. The molecular formula is C13H26N2. The molecule has 0 radical (unpaired) electrons. The van der Waals surface area contributed by atoms with Crippen LogP contribution >= 0.6 is 0 Å². The Balaban J connectivity index is 1.76. The molecule has 88 valence electrons. The molecule has 2 fully saturated rings. The number of nitrogens with zero attached hydrogens (tertiary/aromatic N) is 1. The van der Waals surface area contributed by atoms with Crippen LogP contribution in [-0.2, 0) is 0 Å². The SMILES string of the molecule is CNCCC1CCCCN1CC1CCC1. The summed E-state index contributed by atoms with van der Waals surface area (Å²) in [6, 6.07) is 0.881. The van der Waals surface area contributed by atoms with E-state index in [2.05, 4.69) is 17.3 Å². The van der Waals surface area contributed by atoms with Crippen molar-refractivity contribution in [3.63, 3.8) is 0 Å². The second-order valence-corrected chi connectivity index (χ2v) is 5.33. The molecule has 15 heavy (non-hydrogen) atoms. The molecule has 2 heteroatoms. The van der Waals surface area contributed by atoms with Crippen LogP contribution in [0, 0.1) is 5.92 Å². The third kappa shape index (κ3) is 3.18. The van der Waals surface area contributed by atoms with Gasteiger partial charge in [0.1, 0.15) is 0 Å². The summed E-state index contributed by atoms with van der Waals surface area (Å²) in [5.74, 6) is 1.04. The molecule has 1 aliphatic carbocycles. The van der Waals surface area contributed by atoms with E-state index in [0.717, 1.165) is 12.0 Å². The first-order valence-electron chi connectivity index (χ1n) is 6.79. The first-order chi connectivity index (χ1) is 7.40. The molecule has 0 aromatic carbocycles. The van der Waals surface area contributed by atoms with Gasteiger partial charge in [-0.1, -0.05) is 12.8 Å². The smallest absolute Gasteiger partial charge is 0.0107 e. The highest BCUT2D eigenvalue weighted by Gasteiger charge is 2.26. The third-order valence-corrected chi connectivity index (χ3v) is 4.19. The molecule has 2 rings (SSSR count). The van der Waals surface area contributed by atoms with E-state index in [-0.39, 0.29) is 0 Å². The van der Waals surface area contributed by atoms with Crippen molar-refractivity contribution in [1.29, 1.82) is 0 Å². The van der Waals surface area contributed by atoms with Crippen molar-refractivity contribution in [3.05, 3.63) is 0 Å². The maximum absolute atomic E-state index is 3.29. The highest BCUT2D eigenvalue weighted by atomic mass is 15.2. The minimum absolute atomic E-state index is 0.881. The molecule has 1 saturated carbocycles. The van der Waals surface area contributed by atoms with Crippen LogP contribution in [0.2, 0.25) is 0 Å². The average Bonchev–Trinajstić information content (AvgIpc) is 2.22. The molecule has 0 aromatic heterocycles. The Labute approximate surface area is 94.4 Å². The molecule has 2 nitrogen and oxygen atoms in total. The maximum Gasteiger partial charge on any atom is 0.0107 e. The number of piperidine rings is 1. The lowest BCUT2D eigenvalue weighted by atomic mass is 9.84. The van der Waals surface area contributed by atoms with E-state index in [1.165, 1.54) is 64.6 Å². The summed E-state index contributed by atoms with van der Waals surface area (Å²) in [7, 11) is 2.07. The van der Waals surface area contributed by atoms with Gasteiger partial charge in [-0.2, -0.15) is 0 Å². The second-order valence-electron chi connectivity index (χ2n) is 5.33. The molecule has 1 N–H and O–H groups in total. The minimum Gasteiger partial charge on any atom is -0.320 e. The fourth-order valence-corrected chi connectivity index (χ4v) is 2.95. The van der Waals surface area contributed by atoms with Gasteiger partial charge >= 0.3 is 0 Å². The van der Waals surface area contributed by atoms with Crippen LogP contribution in [0.4, 0.5) is 0 Å².